The van der Waals surface area contributed by atoms with Crippen LogP contribution in [0.2, 0.25) is 0 Å². The van der Waals surface area contributed by atoms with Gasteiger partial charge in [0.25, 0.3) is 0 Å². The van der Waals surface area contributed by atoms with E-state index in [9.17, 15) is 4.79 Å². The molecule has 164 valence electrons. The van der Waals surface area contributed by atoms with Crippen molar-refractivity contribution in [2.75, 3.05) is 0 Å². The number of allylic oxidation sites excluding steroid dienone is 3. The second kappa shape index (κ2) is 7.22. The van der Waals surface area contributed by atoms with Gasteiger partial charge in [-0.05, 0) is 66.5 Å². The van der Waals surface area contributed by atoms with Gasteiger partial charge < -0.3 is 5.32 Å². The molecule has 1 aliphatic carbocycles. The van der Waals surface area contributed by atoms with E-state index in [1.165, 1.54) is 0 Å². The molecule has 5 rings (SSSR count). The summed E-state index contributed by atoms with van der Waals surface area (Å²) < 4.78 is 0. The van der Waals surface area contributed by atoms with Crippen LogP contribution in [0.25, 0.3) is 11.1 Å². The quantitative estimate of drug-likeness (QED) is 0.653. The Morgan fingerprint density at radius 1 is 1.16 bits per heavy atom. The summed E-state index contributed by atoms with van der Waals surface area (Å²) in [7, 11) is 0. The predicted molar refractivity (Wildman–Crippen MR) is 126 cm³/mol. The molecule has 32 heavy (non-hydrogen) atoms. The number of nitrogens with zero attached hydrogens (tertiary/aromatic N) is 3. The highest BCUT2D eigenvalue weighted by Gasteiger charge is 2.53. The van der Waals surface area contributed by atoms with Crippen LogP contribution in [0.4, 0.5) is 0 Å². The first kappa shape index (κ1) is 20.8. The summed E-state index contributed by atoms with van der Waals surface area (Å²) in [5.41, 5.74) is 7.98. The fraction of sp³-hybridized carbons (Fsp3) is 0.407. The van der Waals surface area contributed by atoms with E-state index in [2.05, 4.69) is 78.6 Å². The lowest BCUT2D eigenvalue weighted by molar-refractivity contribution is -0.119. The zero-order valence-corrected chi connectivity index (χ0v) is 19.5. The second-order valence-corrected chi connectivity index (χ2v) is 10.1. The first-order valence-electron chi connectivity index (χ1n) is 11.4. The van der Waals surface area contributed by atoms with Crippen molar-refractivity contribution in [3.8, 4) is 11.1 Å². The molecule has 2 aromatic rings. The van der Waals surface area contributed by atoms with E-state index in [1.54, 1.807) is 0 Å². The summed E-state index contributed by atoms with van der Waals surface area (Å²) in [6, 6.07) is 10.7. The van der Waals surface area contributed by atoms with Crippen LogP contribution in [0.5, 0.6) is 0 Å². The molecule has 0 spiro atoms. The number of carbonyl (C=O) groups is 1. The Morgan fingerprint density at radius 3 is 2.72 bits per heavy atom. The number of rotatable bonds is 3. The summed E-state index contributed by atoms with van der Waals surface area (Å²) in [5, 5.41) is 12.6. The van der Waals surface area contributed by atoms with Crippen molar-refractivity contribution in [1.29, 1.82) is 0 Å². The van der Waals surface area contributed by atoms with E-state index in [1.807, 2.05) is 19.3 Å². The Bertz CT molecular complexity index is 1220. The van der Waals surface area contributed by atoms with Gasteiger partial charge in [0, 0.05) is 35.7 Å². The number of benzene rings is 1. The third-order valence-corrected chi connectivity index (χ3v) is 7.28. The molecule has 0 bridgehead atoms. The van der Waals surface area contributed by atoms with Gasteiger partial charge >= 0.3 is 0 Å². The van der Waals surface area contributed by atoms with E-state index in [0.717, 1.165) is 57.6 Å². The van der Waals surface area contributed by atoms with Crippen LogP contribution in [0, 0.1) is 12.3 Å². The topological polar surface area (TPSA) is 66.7 Å². The molecule has 0 radical (unpaired) electrons. The van der Waals surface area contributed by atoms with Crippen molar-refractivity contribution < 1.29 is 4.79 Å². The number of hydrogen-bond acceptors (Lipinski definition) is 5. The Kier molecular flexibility index (Phi) is 4.70. The summed E-state index contributed by atoms with van der Waals surface area (Å²) in [6.07, 6.45) is 5.71. The van der Waals surface area contributed by atoms with Crippen LogP contribution in [-0.2, 0) is 10.2 Å². The lowest BCUT2D eigenvalue weighted by Gasteiger charge is -2.48. The normalized spacial score (nSPS) is 26.2. The maximum atomic E-state index is 13.7. The summed E-state index contributed by atoms with van der Waals surface area (Å²) >= 11 is 0. The van der Waals surface area contributed by atoms with E-state index >= 15 is 0 Å². The zero-order valence-electron chi connectivity index (χ0n) is 19.5. The predicted octanol–water partition coefficient (Wildman–Crippen LogP) is 6.02. The monoisotopic (exact) mass is 426 g/mol. The Labute approximate surface area is 189 Å². The maximum absolute atomic E-state index is 13.7. The van der Waals surface area contributed by atoms with Crippen molar-refractivity contribution in [3.63, 3.8) is 0 Å². The van der Waals surface area contributed by atoms with Gasteiger partial charge in [-0.1, -0.05) is 39.0 Å². The van der Waals surface area contributed by atoms with Crippen molar-refractivity contribution in [2.24, 2.45) is 15.6 Å². The molecule has 3 heterocycles. The van der Waals surface area contributed by atoms with Gasteiger partial charge in [-0.2, -0.15) is 10.2 Å². The number of nitrogens with one attached hydrogen (secondary N) is 1. The number of aryl methyl sites for hydroxylation is 1. The minimum atomic E-state index is -0.524. The number of carbonyl (C=O) groups excluding carboxylic acids is 1. The highest BCUT2D eigenvalue weighted by atomic mass is 16.1. The Hall–Kier alpha value is -3.08. The fourth-order valence-electron chi connectivity index (χ4n) is 5.96. The average Bonchev–Trinajstić information content (AvgIpc) is 3.12. The van der Waals surface area contributed by atoms with Crippen LogP contribution in [0.15, 0.2) is 75.5 Å². The molecular weight excluding hydrogens is 396 g/mol. The van der Waals surface area contributed by atoms with Crippen LogP contribution >= 0.6 is 0 Å². The van der Waals surface area contributed by atoms with Gasteiger partial charge in [-0.15, -0.1) is 0 Å². The molecule has 0 fully saturated rings. The third kappa shape index (κ3) is 2.98. The van der Waals surface area contributed by atoms with Crippen LogP contribution in [0.1, 0.15) is 58.1 Å². The van der Waals surface area contributed by atoms with Crippen LogP contribution in [0.3, 0.4) is 0 Å². The molecule has 0 amide bonds. The second-order valence-electron chi connectivity index (χ2n) is 10.1. The van der Waals surface area contributed by atoms with Crippen molar-refractivity contribution in [1.82, 2.24) is 10.3 Å². The first-order chi connectivity index (χ1) is 15.3. The van der Waals surface area contributed by atoms with E-state index < -0.39 is 5.41 Å². The highest BCUT2D eigenvalue weighted by molar-refractivity contribution is 6.01. The SMILES string of the molecule is CCC1(c2cccc(-c3ccncc3C)c2)C2=C(CC(C)(C)CC2=O)NC2N=NC(C)=C21. The molecule has 0 saturated heterocycles. The molecule has 5 nitrogen and oxygen atoms in total. The molecular formula is C27H30N4O. The average molecular weight is 427 g/mol. The van der Waals surface area contributed by atoms with E-state index in [0.29, 0.717) is 6.42 Å². The van der Waals surface area contributed by atoms with Gasteiger partial charge in [0.2, 0.25) is 0 Å². The van der Waals surface area contributed by atoms with Crippen molar-refractivity contribution in [2.45, 2.75) is 65.5 Å². The Balaban J connectivity index is 1.78. The van der Waals surface area contributed by atoms with E-state index in [-0.39, 0.29) is 17.4 Å². The fourth-order valence-corrected chi connectivity index (χ4v) is 5.96. The summed E-state index contributed by atoms with van der Waals surface area (Å²) in [4.78, 5) is 18.0. The van der Waals surface area contributed by atoms with E-state index in [4.69, 9.17) is 0 Å². The summed E-state index contributed by atoms with van der Waals surface area (Å²) in [5.74, 6) is 0.238. The third-order valence-electron chi connectivity index (χ3n) is 7.28. The van der Waals surface area contributed by atoms with Gasteiger partial charge in [-0.3, -0.25) is 9.78 Å². The number of azo groups is 1. The molecule has 1 aromatic carbocycles. The minimum absolute atomic E-state index is 0.0651. The van der Waals surface area contributed by atoms with Crippen LogP contribution < -0.4 is 5.32 Å². The molecule has 2 aliphatic heterocycles. The van der Waals surface area contributed by atoms with Crippen molar-refractivity contribution in [3.05, 3.63) is 76.4 Å². The molecule has 2 unspecified atom stereocenters. The Morgan fingerprint density at radius 2 is 1.97 bits per heavy atom. The summed E-state index contributed by atoms with van der Waals surface area (Å²) in [6.45, 7) is 10.6. The zero-order chi connectivity index (χ0) is 22.7. The smallest absolute Gasteiger partial charge is 0.165 e. The molecule has 1 N–H and O–H groups in total. The van der Waals surface area contributed by atoms with Gasteiger partial charge in [0.15, 0.2) is 11.9 Å². The van der Waals surface area contributed by atoms with Gasteiger partial charge in [-0.25, -0.2) is 0 Å². The number of hydrogen-bond donors (Lipinski definition) is 1. The lowest BCUT2D eigenvalue weighted by atomic mass is 9.58. The molecule has 1 aromatic heterocycles. The van der Waals surface area contributed by atoms with Gasteiger partial charge in [0.05, 0.1) is 11.1 Å². The molecule has 0 saturated carbocycles. The first-order valence-corrected chi connectivity index (χ1v) is 11.4. The number of pyridine rings is 1. The number of aromatic nitrogens is 1. The largest absolute Gasteiger partial charge is 0.362 e. The number of ketones is 1. The van der Waals surface area contributed by atoms with Crippen LogP contribution in [-0.4, -0.2) is 16.9 Å². The highest BCUT2D eigenvalue weighted by Crippen LogP contribution is 2.55. The molecule has 2 atom stereocenters. The maximum Gasteiger partial charge on any atom is 0.165 e. The molecule has 3 aliphatic rings. The van der Waals surface area contributed by atoms with Gasteiger partial charge in [0.1, 0.15) is 0 Å². The number of fused-ring (bicyclic) bond motifs is 1. The minimum Gasteiger partial charge on any atom is -0.362 e. The van der Waals surface area contributed by atoms with Crippen molar-refractivity contribution >= 4 is 5.78 Å². The lowest BCUT2D eigenvalue weighted by Crippen LogP contribution is -2.51. The molecule has 5 heteroatoms. The standard InChI is InChI=1S/C27H30N4O/c1-6-27(19-9-7-8-18(12-19)20-10-11-28-15-16(20)2)23-17(3)30-31-25(23)29-21-13-26(4,5)14-22(32)24(21)27/h7-12,15,25,29H,6,13-14H2,1-5H3. The number of Topliss-reactive ketones (excluding diaryl/α,β-unsaturated/α-hetero) is 1.